The van der Waals surface area contributed by atoms with Crippen LogP contribution in [0.3, 0.4) is 0 Å². The molecule has 51 heavy (non-hydrogen) atoms. The van der Waals surface area contributed by atoms with Gasteiger partial charge in [0.15, 0.2) is 52.4 Å². The average Bonchev–Trinajstić information content (AvgIpc) is 3.09. The standard InChI is InChI=1S/C36H43BF9NO4/c1-4-7-8-9-10-11-12-13-14-15-16-17-47(31(5-2)48-6-3)36-30(22-29(42)34(45)35(36)46)51-37(49-23-18-25(38)32(43)26(39)19-23)50-24-20-27(40)33(44)28(41)21-24/h18-22,31H,4-17H2,1-3H3. The maximum atomic E-state index is 15.8. The molecule has 3 aromatic carbocycles. The fourth-order valence-electron chi connectivity index (χ4n) is 5.49. The Kier molecular flexibility index (Phi) is 17.1. The molecule has 0 aromatic heterocycles. The predicted octanol–water partition coefficient (Wildman–Crippen LogP) is 11.4. The van der Waals surface area contributed by atoms with Gasteiger partial charge in [-0.15, -0.1) is 0 Å². The van der Waals surface area contributed by atoms with Crippen LogP contribution in [0.4, 0.5) is 45.2 Å². The lowest BCUT2D eigenvalue weighted by Gasteiger charge is -2.34. The van der Waals surface area contributed by atoms with Gasteiger partial charge in [0, 0.05) is 43.5 Å². The molecule has 1 atom stereocenters. The molecule has 0 spiro atoms. The van der Waals surface area contributed by atoms with E-state index in [1.165, 1.54) is 37.0 Å². The van der Waals surface area contributed by atoms with Gasteiger partial charge >= 0.3 is 7.32 Å². The van der Waals surface area contributed by atoms with Gasteiger partial charge in [-0.3, -0.25) is 0 Å². The molecule has 1 unspecified atom stereocenters. The van der Waals surface area contributed by atoms with E-state index in [0.29, 0.717) is 43.2 Å². The third-order valence-corrected chi connectivity index (χ3v) is 8.05. The van der Waals surface area contributed by atoms with Crippen LogP contribution >= 0.6 is 0 Å². The molecule has 282 valence electrons. The first-order valence-electron chi connectivity index (χ1n) is 17.3. The number of hydrogen-bond donors (Lipinski definition) is 0. The Bertz CT molecular complexity index is 1450. The Morgan fingerprint density at radius 3 is 1.39 bits per heavy atom. The normalized spacial score (nSPS) is 11.8. The summed E-state index contributed by atoms with van der Waals surface area (Å²) < 4.78 is 151. The number of hydrogen-bond acceptors (Lipinski definition) is 5. The highest BCUT2D eigenvalue weighted by atomic mass is 19.2. The van der Waals surface area contributed by atoms with Crippen LogP contribution in [0.15, 0.2) is 30.3 Å². The third-order valence-electron chi connectivity index (χ3n) is 8.05. The second-order valence-electron chi connectivity index (χ2n) is 11.9. The van der Waals surface area contributed by atoms with Crippen molar-refractivity contribution in [3.8, 4) is 17.2 Å². The molecule has 0 saturated carbocycles. The van der Waals surface area contributed by atoms with Crippen LogP contribution < -0.4 is 18.9 Å². The lowest BCUT2D eigenvalue weighted by molar-refractivity contribution is 0.0563. The van der Waals surface area contributed by atoms with E-state index in [0.717, 1.165) is 25.7 Å². The van der Waals surface area contributed by atoms with Gasteiger partial charge in [0.1, 0.15) is 29.2 Å². The molecule has 0 saturated heterocycles. The van der Waals surface area contributed by atoms with Gasteiger partial charge in [0.25, 0.3) is 0 Å². The zero-order valence-corrected chi connectivity index (χ0v) is 28.9. The third kappa shape index (κ3) is 12.2. The average molecular weight is 736 g/mol. The quantitative estimate of drug-likeness (QED) is 0.0319. The summed E-state index contributed by atoms with van der Waals surface area (Å²) in [6.45, 7) is 5.81. The summed E-state index contributed by atoms with van der Waals surface area (Å²) in [7, 11) is -2.38. The predicted molar refractivity (Wildman–Crippen MR) is 176 cm³/mol. The molecule has 3 aromatic rings. The lowest BCUT2D eigenvalue weighted by atomic mass is 10.1. The first-order valence-corrected chi connectivity index (χ1v) is 17.3. The highest BCUT2D eigenvalue weighted by molar-refractivity contribution is 6.39. The van der Waals surface area contributed by atoms with Gasteiger partial charge in [-0.1, -0.05) is 78.1 Å². The molecule has 15 heteroatoms. The summed E-state index contributed by atoms with van der Waals surface area (Å²) in [5.74, 6) is -18.1. The molecule has 0 aliphatic rings. The largest absolute Gasteiger partial charge is 0.864 e. The minimum atomic E-state index is -2.38. The highest BCUT2D eigenvalue weighted by Gasteiger charge is 2.37. The van der Waals surface area contributed by atoms with Crippen molar-refractivity contribution < 1.29 is 58.2 Å². The smallest absolute Gasteiger partial charge is 0.489 e. The number of unbranched alkanes of at least 4 members (excludes halogenated alkanes) is 10. The Labute approximate surface area is 293 Å². The maximum absolute atomic E-state index is 15.8. The van der Waals surface area contributed by atoms with Crippen molar-refractivity contribution in [3.05, 3.63) is 82.7 Å². The fourth-order valence-corrected chi connectivity index (χ4v) is 5.49. The van der Waals surface area contributed by atoms with Gasteiger partial charge in [-0.25, -0.2) is 39.5 Å². The number of ether oxygens (including phenoxy) is 1. The van der Waals surface area contributed by atoms with Crippen molar-refractivity contribution >= 4 is 13.0 Å². The van der Waals surface area contributed by atoms with Crippen LogP contribution in [0, 0.1) is 52.4 Å². The zero-order valence-electron chi connectivity index (χ0n) is 28.9. The summed E-state index contributed by atoms with van der Waals surface area (Å²) >= 11 is 0. The van der Waals surface area contributed by atoms with Crippen molar-refractivity contribution in [2.24, 2.45) is 0 Å². The van der Waals surface area contributed by atoms with Crippen LogP contribution in [0.2, 0.25) is 0 Å². The summed E-state index contributed by atoms with van der Waals surface area (Å²) in [5, 5.41) is 0. The van der Waals surface area contributed by atoms with E-state index in [1.54, 1.807) is 13.8 Å². The number of rotatable bonds is 23. The molecular formula is C36H43BF9NO4. The van der Waals surface area contributed by atoms with E-state index in [-0.39, 0.29) is 19.6 Å². The fraction of sp³-hybridized carbons (Fsp3) is 0.500. The number of benzene rings is 3. The van der Waals surface area contributed by atoms with E-state index >= 15 is 4.39 Å². The SMILES string of the molecule is CCCCCCCCCCCCCN(c1c(OB(Oc2cc(F)c(F)c(F)c2)Oc2cc(F)c(F)c(F)c2)cc(F)c(F)c1F)C(CC)OCC. The molecule has 3 rings (SSSR count). The van der Waals surface area contributed by atoms with Crippen molar-refractivity contribution in [3.63, 3.8) is 0 Å². The molecule has 0 aliphatic heterocycles. The van der Waals surface area contributed by atoms with Crippen LogP contribution in [-0.2, 0) is 4.74 Å². The highest BCUT2D eigenvalue weighted by Crippen LogP contribution is 2.38. The van der Waals surface area contributed by atoms with Crippen molar-refractivity contribution in [2.45, 2.75) is 104 Å². The van der Waals surface area contributed by atoms with Gasteiger partial charge in [-0.05, 0) is 19.8 Å². The lowest BCUT2D eigenvalue weighted by Crippen LogP contribution is -2.41. The molecule has 5 nitrogen and oxygen atoms in total. The molecule has 0 fully saturated rings. The van der Waals surface area contributed by atoms with Crippen LogP contribution in [0.1, 0.15) is 97.8 Å². The minimum absolute atomic E-state index is 0.0863. The molecular weight excluding hydrogens is 692 g/mol. The van der Waals surface area contributed by atoms with E-state index < -0.39 is 88.8 Å². The number of halogens is 9. The number of anilines is 1. The van der Waals surface area contributed by atoms with Crippen molar-refractivity contribution in [1.29, 1.82) is 0 Å². The zero-order chi connectivity index (χ0) is 37.5. The first-order chi connectivity index (χ1) is 24.4. The molecule has 0 heterocycles. The summed E-state index contributed by atoms with van der Waals surface area (Å²) in [4.78, 5) is 1.33. The van der Waals surface area contributed by atoms with Crippen LogP contribution in [0.25, 0.3) is 0 Å². The molecule has 0 N–H and O–H groups in total. The van der Waals surface area contributed by atoms with Gasteiger partial charge in [0.05, 0.1) is 0 Å². The van der Waals surface area contributed by atoms with Gasteiger partial charge < -0.3 is 23.6 Å². The Hall–Kier alpha value is -3.75. The molecule has 0 amide bonds. The van der Waals surface area contributed by atoms with E-state index in [1.807, 2.05) is 0 Å². The monoisotopic (exact) mass is 735 g/mol. The minimum Gasteiger partial charge on any atom is -0.489 e. The van der Waals surface area contributed by atoms with Crippen molar-refractivity contribution in [2.75, 3.05) is 18.1 Å². The second-order valence-corrected chi connectivity index (χ2v) is 11.9. The van der Waals surface area contributed by atoms with Gasteiger partial charge in [0.2, 0.25) is 0 Å². The van der Waals surface area contributed by atoms with Gasteiger partial charge in [-0.2, -0.15) is 0 Å². The summed E-state index contributed by atoms with van der Waals surface area (Å²) in [6.07, 6.45) is 10.6. The van der Waals surface area contributed by atoms with Crippen molar-refractivity contribution in [1.82, 2.24) is 0 Å². The Morgan fingerprint density at radius 2 is 0.961 bits per heavy atom. The molecule has 0 aliphatic carbocycles. The molecule has 0 bridgehead atoms. The van der Waals surface area contributed by atoms with Crippen LogP contribution in [0.5, 0.6) is 17.2 Å². The van der Waals surface area contributed by atoms with E-state index in [2.05, 4.69) is 6.92 Å². The maximum Gasteiger partial charge on any atom is 0.864 e. The van der Waals surface area contributed by atoms with E-state index in [9.17, 15) is 35.1 Å². The Balaban J connectivity index is 1.93. The second kappa shape index (κ2) is 20.9. The summed E-state index contributed by atoms with van der Waals surface area (Å²) in [5.41, 5.74) is -0.633. The Morgan fingerprint density at radius 1 is 0.529 bits per heavy atom. The summed E-state index contributed by atoms with van der Waals surface area (Å²) in [6, 6.07) is 1.95. The number of nitrogens with zero attached hydrogens (tertiary/aromatic N) is 1. The first kappa shape index (κ1) is 41.7. The van der Waals surface area contributed by atoms with E-state index in [4.69, 9.17) is 18.7 Å². The topological polar surface area (TPSA) is 40.2 Å². The van der Waals surface area contributed by atoms with Crippen LogP contribution in [-0.4, -0.2) is 26.7 Å². The molecule has 0 radical (unpaired) electrons.